The average Bonchev–Trinajstić information content (AvgIpc) is 2.64. The maximum Gasteiger partial charge on any atom is 0.251 e. The SMILES string of the molecule is Cc1cccc(C(=O)NC2CCC(Nc3ncc(C)c(N(C)C)n3)CC2)c1.Cl. The minimum atomic E-state index is 0. The summed E-state index contributed by atoms with van der Waals surface area (Å²) in [5.41, 5.74) is 2.90. The Bertz CT molecular complexity index is 803. The van der Waals surface area contributed by atoms with Crippen LogP contribution in [0.3, 0.4) is 0 Å². The number of rotatable bonds is 5. The largest absolute Gasteiger partial charge is 0.362 e. The molecular formula is C21H30ClN5O. The minimum Gasteiger partial charge on any atom is -0.362 e. The molecule has 6 nitrogen and oxygen atoms in total. The van der Waals surface area contributed by atoms with Gasteiger partial charge in [0.1, 0.15) is 5.82 Å². The summed E-state index contributed by atoms with van der Waals surface area (Å²) in [4.78, 5) is 23.4. The molecule has 0 aliphatic heterocycles. The van der Waals surface area contributed by atoms with Crippen molar-refractivity contribution in [1.82, 2.24) is 15.3 Å². The van der Waals surface area contributed by atoms with E-state index in [0.717, 1.165) is 48.2 Å². The van der Waals surface area contributed by atoms with Gasteiger partial charge >= 0.3 is 0 Å². The Morgan fingerprint density at radius 3 is 2.43 bits per heavy atom. The highest BCUT2D eigenvalue weighted by Crippen LogP contribution is 2.23. The molecule has 0 unspecified atom stereocenters. The summed E-state index contributed by atoms with van der Waals surface area (Å²) in [6.07, 6.45) is 5.77. The van der Waals surface area contributed by atoms with Gasteiger partial charge < -0.3 is 15.5 Å². The first-order chi connectivity index (χ1) is 12.9. The van der Waals surface area contributed by atoms with Crippen LogP contribution in [0.5, 0.6) is 0 Å². The van der Waals surface area contributed by atoms with Crippen molar-refractivity contribution in [2.75, 3.05) is 24.3 Å². The van der Waals surface area contributed by atoms with Gasteiger partial charge in [-0.2, -0.15) is 4.98 Å². The van der Waals surface area contributed by atoms with Crippen LogP contribution in [0, 0.1) is 13.8 Å². The van der Waals surface area contributed by atoms with Crippen molar-refractivity contribution >= 4 is 30.1 Å². The van der Waals surface area contributed by atoms with E-state index in [-0.39, 0.29) is 24.4 Å². The molecule has 1 fully saturated rings. The highest BCUT2D eigenvalue weighted by Gasteiger charge is 2.23. The third-order valence-electron chi connectivity index (χ3n) is 5.04. The molecular weight excluding hydrogens is 374 g/mol. The zero-order valence-corrected chi connectivity index (χ0v) is 17.8. The van der Waals surface area contributed by atoms with Crippen LogP contribution >= 0.6 is 12.4 Å². The lowest BCUT2D eigenvalue weighted by Crippen LogP contribution is -2.40. The normalized spacial score (nSPS) is 18.7. The van der Waals surface area contributed by atoms with E-state index in [1.807, 2.05) is 63.3 Å². The molecule has 1 heterocycles. The summed E-state index contributed by atoms with van der Waals surface area (Å²) in [7, 11) is 3.97. The van der Waals surface area contributed by atoms with Crippen molar-refractivity contribution in [3.05, 3.63) is 47.2 Å². The molecule has 0 saturated heterocycles. The quantitative estimate of drug-likeness (QED) is 0.795. The molecule has 2 aromatic rings. The molecule has 7 heteroatoms. The van der Waals surface area contributed by atoms with E-state index < -0.39 is 0 Å². The van der Waals surface area contributed by atoms with E-state index in [1.165, 1.54) is 0 Å². The summed E-state index contributed by atoms with van der Waals surface area (Å²) in [6.45, 7) is 4.02. The highest BCUT2D eigenvalue weighted by atomic mass is 35.5. The first-order valence-electron chi connectivity index (χ1n) is 9.57. The topological polar surface area (TPSA) is 70.2 Å². The zero-order valence-electron chi connectivity index (χ0n) is 17.0. The Morgan fingerprint density at radius 1 is 1.11 bits per heavy atom. The maximum atomic E-state index is 12.4. The smallest absolute Gasteiger partial charge is 0.251 e. The molecule has 152 valence electrons. The van der Waals surface area contributed by atoms with E-state index in [9.17, 15) is 4.79 Å². The molecule has 1 amide bonds. The van der Waals surface area contributed by atoms with Crippen molar-refractivity contribution in [2.24, 2.45) is 0 Å². The lowest BCUT2D eigenvalue weighted by Gasteiger charge is -2.30. The average molecular weight is 404 g/mol. The van der Waals surface area contributed by atoms with Gasteiger partial charge in [-0.15, -0.1) is 12.4 Å². The Morgan fingerprint density at radius 2 is 1.79 bits per heavy atom. The number of amides is 1. The van der Waals surface area contributed by atoms with Crippen LogP contribution in [-0.2, 0) is 0 Å². The Kier molecular flexibility index (Phi) is 7.63. The van der Waals surface area contributed by atoms with Gasteiger partial charge in [-0.1, -0.05) is 17.7 Å². The Labute approximate surface area is 173 Å². The molecule has 1 saturated carbocycles. The molecule has 1 aliphatic carbocycles. The summed E-state index contributed by atoms with van der Waals surface area (Å²) in [5.74, 6) is 1.63. The van der Waals surface area contributed by atoms with Crippen molar-refractivity contribution in [2.45, 2.75) is 51.6 Å². The van der Waals surface area contributed by atoms with Gasteiger partial charge in [0.2, 0.25) is 5.95 Å². The summed E-state index contributed by atoms with van der Waals surface area (Å²) < 4.78 is 0. The molecule has 0 radical (unpaired) electrons. The van der Waals surface area contributed by atoms with Gasteiger partial charge in [0.25, 0.3) is 5.91 Å². The number of carbonyl (C=O) groups is 1. The van der Waals surface area contributed by atoms with E-state index in [2.05, 4.69) is 20.6 Å². The third-order valence-corrected chi connectivity index (χ3v) is 5.04. The van der Waals surface area contributed by atoms with Gasteiger partial charge in [0, 0.05) is 43.5 Å². The van der Waals surface area contributed by atoms with E-state index >= 15 is 0 Å². The fourth-order valence-corrected chi connectivity index (χ4v) is 3.57. The zero-order chi connectivity index (χ0) is 19.4. The molecule has 0 atom stereocenters. The number of hydrogen-bond donors (Lipinski definition) is 2. The predicted molar refractivity (Wildman–Crippen MR) is 117 cm³/mol. The third kappa shape index (κ3) is 5.58. The molecule has 3 rings (SSSR count). The number of aryl methyl sites for hydroxylation is 2. The van der Waals surface area contributed by atoms with Crippen LogP contribution in [0.1, 0.15) is 47.2 Å². The number of nitrogens with one attached hydrogen (secondary N) is 2. The Balaban J connectivity index is 0.00000280. The van der Waals surface area contributed by atoms with E-state index in [4.69, 9.17) is 0 Å². The Hall–Kier alpha value is -2.34. The maximum absolute atomic E-state index is 12.4. The second kappa shape index (κ2) is 9.73. The lowest BCUT2D eigenvalue weighted by molar-refractivity contribution is 0.0926. The van der Waals surface area contributed by atoms with Crippen LogP contribution in [0.2, 0.25) is 0 Å². The second-order valence-electron chi connectivity index (χ2n) is 7.63. The van der Waals surface area contributed by atoms with Gasteiger partial charge in [-0.05, 0) is 51.7 Å². The van der Waals surface area contributed by atoms with Gasteiger partial charge in [0.05, 0.1) is 0 Å². The lowest BCUT2D eigenvalue weighted by atomic mass is 9.91. The molecule has 0 spiro atoms. The molecule has 2 N–H and O–H groups in total. The van der Waals surface area contributed by atoms with Crippen LogP contribution in [-0.4, -0.2) is 42.1 Å². The number of nitrogens with zero attached hydrogens (tertiary/aromatic N) is 3. The second-order valence-corrected chi connectivity index (χ2v) is 7.63. The van der Waals surface area contributed by atoms with Gasteiger partial charge in [0.15, 0.2) is 0 Å². The summed E-state index contributed by atoms with van der Waals surface area (Å²) in [6, 6.07) is 8.30. The molecule has 1 aromatic heterocycles. The number of halogens is 1. The predicted octanol–water partition coefficient (Wildman–Crippen LogP) is 3.73. The van der Waals surface area contributed by atoms with Crippen molar-refractivity contribution in [3.63, 3.8) is 0 Å². The first-order valence-corrected chi connectivity index (χ1v) is 9.57. The molecule has 0 bridgehead atoms. The molecule has 1 aliphatic rings. The summed E-state index contributed by atoms with van der Waals surface area (Å²) in [5, 5.41) is 6.63. The first kappa shape index (κ1) is 22.0. The minimum absolute atomic E-state index is 0. The number of aromatic nitrogens is 2. The molecule has 1 aromatic carbocycles. The summed E-state index contributed by atoms with van der Waals surface area (Å²) >= 11 is 0. The van der Waals surface area contributed by atoms with Crippen molar-refractivity contribution in [3.8, 4) is 0 Å². The number of carbonyl (C=O) groups excluding carboxylic acids is 1. The van der Waals surface area contributed by atoms with Crippen LogP contribution < -0.4 is 15.5 Å². The highest BCUT2D eigenvalue weighted by molar-refractivity contribution is 5.94. The van der Waals surface area contributed by atoms with Crippen LogP contribution in [0.15, 0.2) is 30.5 Å². The van der Waals surface area contributed by atoms with Crippen LogP contribution in [0.4, 0.5) is 11.8 Å². The standard InChI is InChI=1S/C21H29N5O.ClH/c1-14-6-5-7-16(12-14)20(27)23-17-8-10-18(11-9-17)24-21-22-13-15(2)19(25-21)26(3)4;/h5-7,12-13,17-18H,8-11H2,1-4H3,(H,23,27)(H,22,24,25);1H. The van der Waals surface area contributed by atoms with Crippen molar-refractivity contribution < 1.29 is 4.79 Å². The molecule has 28 heavy (non-hydrogen) atoms. The van der Waals surface area contributed by atoms with Gasteiger partial charge in [-0.3, -0.25) is 4.79 Å². The van der Waals surface area contributed by atoms with E-state index in [0.29, 0.717) is 12.0 Å². The number of benzene rings is 1. The fourth-order valence-electron chi connectivity index (χ4n) is 3.57. The van der Waals surface area contributed by atoms with Gasteiger partial charge in [-0.25, -0.2) is 4.98 Å². The van der Waals surface area contributed by atoms with Crippen LogP contribution in [0.25, 0.3) is 0 Å². The van der Waals surface area contributed by atoms with Crippen molar-refractivity contribution in [1.29, 1.82) is 0 Å². The monoisotopic (exact) mass is 403 g/mol. The van der Waals surface area contributed by atoms with E-state index in [1.54, 1.807) is 0 Å². The number of hydrogen-bond acceptors (Lipinski definition) is 5. The fraction of sp³-hybridized carbons (Fsp3) is 0.476. The number of anilines is 2.